The van der Waals surface area contributed by atoms with Crippen LogP contribution in [0.4, 0.5) is 0 Å². The minimum absolute atomic E-state index is 0.276. The van der Waals surface area contributed by atoms with Gasteiger partial charge in [-0.05, 0) is 26.1 Å². The lowest BCUT2D eigenvalue weighted by Gasteiger charge is -2.36. The summed E-state index contributed by atoms with van der Waals surface area (Å²) in [6.45, 7) is 2.03. The van der Waals surface area contributed by atoms with Crippen LogP contribution in [0.5, 0.6) is 0 Å². The molecule has 1 fully saturated rings. The normalized spacial score (nSPS) is 21.2. The summed E-state index contributed by atoms with van der Waals surface area (Å²) >= 11 is 0. The molecule has 116 valence electrons. The van der Waals surface area contributed by atoms with Gasteiger partial charge in [-0.3, -0.25) is 4.90 Å². The monoisotopic (exact) mass is 292 g/mol. The first-order chi connectivity index (χ1) is 10.1. The second-order valence-corrected chi connectivity index (χ2v) is 5.45. The molecule has 0 radical (unpaired) electrons. The number of carbonyl (C=O) groups is 1. The standard InChI is InChI=1S/C16H24N2O3/c1-17-16(15(19)20-3,13-7-5-4-6-8-13)12-18(2)14-9-10-21-11-14/h4-8,14,17H,9-12H2,1-3H3. The molecule has 0 amide bonds. The van der Waals surface area contributed by atoms with Crippen LogP contribution in [0, 0.1) is 0 Å². The Morgan fingerprint density at radius 1 is 1.48 bits per heavy atom. The highest BCUT2D eigenvalue weighted by atomic mass is 16.5. The number of carbonyl (C=O) groups excluding carboxylic acids is 1. The first kappa shape index (κ1) is 15.9. The molecule has 1 aromatic rings. The van der Waals surface area contributed by atoms with Crippen LogP contribution in [-0.4, -0.2) is 57.9 Å². The van der Waals surface area contributed by atoms with Crippen molar-refractivity contribution < 1.29 is 14.3 Å². The maximum absolute atomic E-state index is 12.5. The van der Waals surface area contributed by atoms with Gasteiger partial charge in [0.05, 0.1) is 13.7 Å². The quantitative estimate of drug-likeness (QED) is 0.793. The van der Waals surface area contributed by atoms with Gasteiger partial charge in [0.25, 0.3) is 0 Å². The van der Waals surface area contributed by atoms with Crippen LogP contribution >= 0.6 is 0 Å². The van der Waals surface area contributed by atoms with Crippen LogP contribution in [-0.2, 0) is 19.8 Å². The van der Waals surface area contributed by atoms with Crippen molar-refractivity contribution in [3.05, 3.63) is 35.9 Å². The number of likely N-dealkylation sites (N-methyl/N-ethyl adjacent to an activating group) is 2. The van der Waals surface area contributed by atoms with Gasteiger partial charge in [0, 0.05) is 19.2 Å². The Morgan fingerprint density at radius 3 is 2.71 bits per heavy atom. The van der Waals surface area contributed by atoms with Crippen molar-refractivity contribution >= 4 is 5.97 Å². The molecular formula is C16H24N2O3. The van der Waals surface area contributed by atoms with Crippen LogP contribution < -0.4 is 5.32 Å². The van der Waals surface area contributed by atoms with Crippen LogP contribution in [0.3, 0.4) is 0 Å². The van der Waals surface area contributed by atoms with Crippen molar-refractivity contribution in [1.82, 2.24) is 10.2 Å². The molecule has 0 bridgehead atoms. The molecule has 1 aliphatic rings. The highest BCUT2D eigenvalue weighted by Gasteiger charge is 2.42. The Hall–Kier alpha value is -1.43. The molecule has 2 unspecified atom stereocenters. The average Bonchev–Trinajstić information content (AvgIpc) is 3.07. The first-order valence-electron chi connectivity index (χ1n) is 7.25. The molecule has 0 aromatic heterocycles. The third-order valence-electron chi connectivity index (χ3n) is 4.24. The number of benzene rings is 1. The highest BCUT2D eigenvalue weighted by molar-refractivity contribution is 5.83. The molecule has 0 saturated carbocycles. The van der Waals surface area contributed by atoms with Gasteiger partial charge in [-0.2, -0.15) is 0 Å². The molecule has 0 aliphatic carbocycles. The molecule has 1 heterocycles. The number of nitrogens with one attached hydrogen (secondary N) is 1. The van der Waals surface area contributed by atoms with E-state index in [0.29, 0.717) is 19.2 Å². The number of methoxy groups -OCH3 is 1. The van der Waals surface area contributed by atoms with Gasteiger partial charge >= 0.3 is 5.97 Å². The lowest BCUT2D eigenvalue weighted by atomic mass is 9.89. The summed E-state index contributed by atoms with van der Waals surface area (Å²) in [5.74, 6) is -0.276. The minimum atomic E-state index is -0.868. The van der Waals surface area contributed by atoms with Gasteiger partial charge in [-0.25, -0.2) is 4.79 Å². The van der Waals surface area contributed by atoms with Gasteiger partial charge in [0.15, 0.2) is 5.54 Å². The fraction of sp³-hybridized carbons (Fsp3) is 0.562. The molecule has 1 aliphatic heterocycles. The lowest BCUT2D eigenvalue weighted by Crippen LogP contribution is -2.56. The van der Waals surface area contributed by atoms with E-state index in [2.05, 4.69) is 10.2 Å². The Bertz CT molecular complexity index is 460. The van der Waals surface area contributed by atoms with Gasteiger partial charge in [0.1, 0.15) is 0 Å². The molecule has 1 aromatic carbocycles. The predicted molar refractivity (Wildman–Crippen MR) is 81.0 cm³/mol. The summed E-state index contributed by atoms with van der Waals surface area (Å²) in [6, 6.07) is 10.0. The van der Waals surface area contributed by atoms with Gasteiger partial charge in [-0.1, -0.05) is 30.3 Å². The first-order valence-corrected chi connectivity index (χ1v) is 7.25. The minimum Gasteiger partial charge on any atom is -0.467 e. The third kappa shape index (κ3) is 3.26. The molecular weight excluding hydrogens is 268 g/mol. The number of rotatable bonds is 6. The van der Waals surface area contributed by atoms with Crippen LogP contribution in [0.2, 0.25) is 0 Å². The molecule has 5 nitrogen and oxygen atoms in total. The van der Waals surface area contributed by atoms with E-state index in [9.17, 15) is 4.79 Å². The van der Waals surface area contributed by atoms with Crippen molar-refractivity contribution in [3.63, 3.8) is 0 Å². The summed E-state index contributed by atoms with van der Waals surface area (Å²) in [5, 5.41) is 3.18. The van der Waals surface area contributed by atoms with Crippen LogP contribution in [0.1, 0.15) is 12.0 Å². The van der Waals surface area contributed by atoms with Gasteiger partial charge in [-0.15, -0.1) is 0 Å². The Balaban J connectivity index is 2.28. The second-order valence-electron chi connectivity index (χ2n) is 5.45. The van der Waals surface area contributed by atoms with E-state index in [4.69, 9.17) is 9.47 Å². The second kappa shape index (κ2) is 7.02. The zero-order valence-electron chi connectivity index (χ0n) is 13.0. The molecule has 5 heteroatoms. The van der Waals surface area contributed by atoms with E-state index in [0.717, 1.165) is 18.6 Å². The third-order valence-corrected chi connectivity index (χ3v) is 4.24. The van der Waals surface area contributed by atoms with Gasteiger partial charge in [0.2, 0.25) is 0 Å². The van der Waals surface area contributed by atoms with Crippen LogP contribution in [0.15, 0.2) is 30.3 Å². The van der Waals surface area contributed by atoms with E-state index in [1.807, 2.05) is 37.4 Å². The zero-order chi connectivity index (χ0) is 15.3. The van der Waals surface area contributed by atoms with E-state index < -0.39 is 5.54 Å². The SMILES string of the molecule is CNC(CN(C)C1CCOC1)(C(=O)OC)c1ccccc1. The summed E-state index contributed by atoms with van der Waals surface area (Å²) in [5.41, 5.74) is 0.0398. The zero-order valence-corrected chi connectivity index (χ0v) is 13.0. The van der Waals surface area contributed by atoms with E-state index in [1.165, 1.54) is 7.11 Å². The van der Waals surface area contributed by atoms with E-state index in [1.54, 1.807) is 7.05 Å². The van der Waals surface area contributed by atoms with Crippen molar-refractivity contribution in [2.45, 2.75) is 18.0 Å². The number of nitrogens with zero attached hydrogens (tertiary/aromatic N) is 1. The largest absolute Gasteiger partial charge is 0.467 e. The predicted octanol–water partition coefficient (Wildman–Crippen LogP) is 0.995. The number of hydrogen-bond donors (Lipinski definition) is 1. The smallest absolute Gasteiger partial charge is 0.332 e. The highest BCUT2D eigenvalue weighted by Crippen LogP contribution is 2.25. The summed E-state index contributed by atoms with van der Waals surface area (Å²) in [6.07, 6.45) is 0.992. The topological polar surface area (TPSA) is 50.8 Å². The Morgan fingerprint density at radius 2 is 2.19 bits per heavy atom. The average molecular weight is 292 g/mol. The van der Waals surface area contributed by atoms with E-state index >= 15 is 0 Å². The maximum atomic E-state index is 12.5. The van der Waals surface area contributed by atoms with Crippen molar-refractivity contribution in [2.24, 2.45) is 0 Å². The lowest BCUT2D eigenvalue weighted by molar-refractivity contribution is -0.150. The maximum Gasteiger partial charge on any atom is 0.332 e. The fourth-order valence-corrected chi connectivity index (χ4v) is 2.87. The molecule has 0 spiro atoms. The summed E-state index contributed by atoms with van der Waals surface area (Å²) < 4.78 is 10.5. The Labute approximate surface area is 126 Å². The van der Waals surface area contributed by atoms with E-state index in [-0.39, 0.29) is 5.97 Å². The number of ether oxygens (including phenoxy) is 2. The molecule has 1 N–H and O–H groups in total. The Kier molecular flexibility index (Phi) is 5.33. The number of hydrogen-bond acceptors (Lipinski definition) is 5. The molecule has 2 rings (SSSR count). The fourth-order valence-electron chi connectivity index (χ4n) is 2.87. The summed E-state index contributed by atoms with van der Waals surface area (Å²) in [7, 11) is 5.25. The molecule has 21 heavy (non-hydrogen) atoms. The molecule has 1 saturated heterocycles. The number of esters is 1. The van der Waals surface area contributed by atoms with Crippen LogP contribution in [0.25, 0.3) is 0 Å². The van der Waals surface area contributed by atoms with Gasteiger partial charge < -0.3 is 14.8 Å². The summed E-state index contributed by atoms with van der Waals surface area (Å²) in [4.78, 5) is 14.6. The van der Waals surface area contributed by atoms with Crippen molar-refractivity contribution in [1.29, 1.82) is 0 Å². The molecule has 2 atom stereocenters. The van der Waals surface area contributed by atoms with Crippen molar-refractivity contribution in [2.75, 3.05) is 41.0 Å². The van der Waals surface area contributed by atoms with Crippen molar-refractivity contribution in [3.8, 4) is 0 Å².